The lowest BCUT2D eigenvalue weighted by Crippen LogP contribution is -2.43. The van der Waals surface area contributed by atoms with Gasteiger partial charge in [-0.25, -0.2) is 0 Å². The molecule has 0 aliphatic heterocycles. The minimum absolute atomic E-state index is 0.512. The van der Waals surface area contributed by atoms with Crippen LogP contribution in [-0.4, -0.2) is 23.2 Å². The highest BCUT2D eigenvalue weighted by Crippen LogP contribution is 1.97. The summed E-state index contributed by atoms with van der Waals surface area (Å²) in [6.07, 6.45) is 0.259. The number of amides is 1. The number of rotatable bonds is 4. The van der Waals surface area contributed by atoms with Crippen LogP contribution in [0.5, 0.6) is 0 Å². The van der Waals surface area contributed by atoms with Gasteiger partial charge in [-0.3, -0.25) is 4.79 Å². The first-order chi connectivity index (χ1) is 4.59. The number of aliphatic hydroxyl groups excluding tert-OH is 1. The van der Waals surface area contributed by atoms with E-state index >= 15 is 0 Å². The molecule has 0 aliphatic carbocycles. The van der Waals surface area contributed by atoms with Crippen molar-refractivity contribution in [2.24, 2.45) is 11.5 Å². The van der Waals surface area contributed by atoms with E-state index in [2.05, 4.69) is 0 Å². The molecule has 0 aromatic carbocycles. The number of hydrogen-bond acceptors (Lipinski definition) is 3. The van der Waals surface area contributed by atoms with Crippen LogP contribution in [0.25, 0.3) is 0 Å². The van der Waals surface area contributed by atoms with Gasteiger partial charge in [-0.05, 0) is 6.42 Å². The van der Waals surface area contributed by atoms with Crippen LogP contribution in [0, 0.1) is 0 Å². The Balaban J connectivity index is 3.69. The molecule has 4 heteroatoms. The number of nitrogens with two attached hydrogens (primary N) is 2. The maximum absolute atomic E-state index is 10.3. The van der Waals surface area contributed by atoms with Crippen molar-refractivity contribution in [3.05, 3.63) is 0 Å². The van der Waals surface area contributed by atoms with Gasteiger partial charge in [0.15, 0.2) is 0 Å². The highest BCUT2D eigenvalue weighted by molar-refractivity contribution is 5.79. The average molecular weight is 146 g/mol. The van der Waals surface area contributed by atoms with Crippen LogP contribution in [0.2, 0.25) is 0 Å². The summed E-state index contributed by atoms with van der Waals surface area (Å²) in [4.78, 5) is 10.3. The molecule has 0 unspecified atom stereocenters. The van der Waals surface area contributed by atoms with Crippen molar-refractivity contribution < 1.29 is 9.90 Å². The van der Waals surface area contributed by atoms with Gasteiger partial charge in [-0.2, -0.15) is 0 Å². The van der Waals surface area contributed by atoms with Crippen molar-refractivity contribution in [1.29, 1.82) is 0 Å². The molecular formula is C6H14N2O2. The average Bonchev–Trinajstić information content (AvgIpc) is 1.87. The van der Waals surface area contributed by atoms with Crippen molar-refractivity contribution in [1.82, 2.24) is 0 Å². The minimum atomic E-state index is -1.19. The fraction of sp³-hybridized carbons (Fsp3) is 0.833. The van der Waals surface area contributed by atoms with E-state index in [1.807, 2.05) is 6.92 Å². The Bertz CT molecular complexity index is 116. The highest BCUT2D eigenvalue weighted by Gasteiger charge is 2.18. The fourth-order valence-electron chi connectivity index (χ4n) is 0.702. The van der Waals surface area contributed by atoms with E-state index in [1.165, 1.54) is 0 Å². The lowest BCUT2D eigenvalue weighted by molar-refractivity contribution is -0.127. The number of hydrogen-bond donors (Lipinski definition) is 3. The van der Waals surface area contributed by atoms with Crippen LogP contribution in [0.3, 0.4) is 0 Å². The molecule has 0 fully saturated rings. The number of carbonyl (C=O) groups is 1. The molecule has 0 saturated heterocycles. The van der Waals surface area contributed by atoms with Crippen LogP contribution < -0.4 is 11.5 Å². The lowest BCUT2D eigenvalue weighted by atomic mass is 10.1. The van der Waals surface area contributed by atoms with E-state index in [4.69, 9.17) is 16.6 Å². The molecule has 4 nitrogen and oxygen atoms in total. The molecule has 0 spiro atoms. The van der Waals surface area contributed by atoms with Crippen LogP contribution in [0.1, 0.15) is 19.8 Å². The van der Waals surface area contributed by atoms with Gasteiger partial charge in [-0.15, -0.1) is 0 Å². The van der Waals surface area contributed by atoms with E-state index in [0.29, 0.717) is 6.42 Å². The zero-order valence-electron chi connectivity index (χ0n) is 6.08. The second-order valence-corrected chi connectivity index (χ2v) is 2.30. The topological polar surface area (TPSA) is 89.3 Å². The summed E-state index contributed by atoms with van der Waals surface area (Å²) >= 11 is 0. The zero-order valence-corrected chi connectivity index (χ0v) is 6.08. The monoisotopic (exact) mass is 146 g/mol. The number of aliphatic hydroxyl groups is 1. The standard InChI is InChI=1S/C6H14N2O2/c1-2-3-4(7)5(9)6(8)10/h4-5,9H,2-3,7H2,1H3,(H2,8,10)/t4-,5-/m1/s1. The van der Waals surface area contributed by atoms with Crippen molar-refractivity contribution in [2.45, 2.75) is 31.9 Å². The van der Waals surface area contributed by atoms with Crippen LogP contribution in [-0.2, 0) is 4.79 Å². The summed E-state index contributed by atoms with van der Waals surface area (Å²) in [7, 11) is 0. The summed E-state index contributed by atoms with van der Waals surface area (Å²) in [6.45, 7) is 1.92. The summed E-state index contributed by atoms with van der Waals surface area (Å²) < 4.78 is 0. The van der Waals surface area contributed by atoms with Gasteiger partial charge >= 0.3 is 0 Å². The van der Waals surface area contributed by atoms with Gasteiger partial charge in [0.2, 0.25) is 5.91 Å². The van der Waals surface area contributed by atoms with Gasteiger partial charge < -0.3 is 16.6 Å². The third kappa shape index (κ3) is 2.80. The summed E-state index contributed by atoms with van der Waals surface area (Å²) in [5.41, 5.74) is 10.2. The van der Waals surface area contributed by atoms with E-state index in [1.54, 1.807) is 0 Å². The van der Waals surface area contributed by atoms with Crippen LogP contribution in [0.4, 0.5) is 0 Å². The largest absolute Gasteiger partial charge is 0.382 e. The first-order valence-corrected chi connectivity index (χ1v) is 3.32. The van der Waals surface area contributed by atoms with E-state index in [-0.39, 0.29) is 0 Å². The Morgan fingerprint density at radius 3 is 2.50 bits per heavy atom. The summed E-state index contributed by atoms with van der Waals surface area (Å²) in [5, 5.41) is 8.93. The smallest absolute Gasteiger partial charge is 0.247 e. The fourth-order valence-corrected chi connectivity index (χ4v) is 0.702. The molecule has 0 aliphatic rings. The Kier molecular flexibility index (Phi) is 3.99. The molecule has 0 aromatic rings. The first-order valence-electron chi connectivity index (χ1n) is 3.32. The third-order valence-electron chi connectivity index (χ3n) is 1.32. The summed E-state index contributed by atoms with van der Waals surface area (Å²) in [6, 6.07) is -0.512. The molecule has 60 valence electrons. The maximum Gasteiger partial charge on any atom is 0.247 e. The van der Waals surface area contributed by atoms with Crippen LogP contribution >= 0.6 is 0 Å². The number of carbonyl (C=O) groups excluding carboxylic acids is 1. The van der Waals surface area contributed by atoms with Gasteiger partial charge in [0.25, 0.3) is 0 Å². The Morgan fingerprint density at radius 1 is 1.70 bits per heavy atom. The van der Waals surface area contributed by atoms with Crippen LogP contribution in [0.15, 0.2) is 0 Å². The quantitative estimate of drug-likeness (QED) is 0.473. The molecule has 5 N–H and O–H groups in total. The Morgan fingerprint density at radius 2 is 2.20 bits per heavy atom. The maximum atomic E-state index is 10.3. The van der Waals surface area contributed by atoms with Gasteiger partial charge in [0.1, 0.15) is 6.10 Å². The first kappa shape index (κ1) is 9.39. The summed E-state index contributed by atoms with van der Waals surface area (Å²) in [5.74, 6) is -0.749. The predicted molar refractivity (Wildman–Crippen MR) is 38.1 cm³/mol. The van der Waals surface area contributed by atoms with Crippen molar-refractivity contribution in [3.8, 4) is 0 Å². The molecule has 0 bridgehead atoms. The second-order valence-electron chi connectivity index (χ2n) is 2.30. The normalized spacial score (nSPS) is 16.3. The molecule has 0 rings (SSSR count). The molecule has 10 heavy (non-hydrogen) atoms. The van der Waals surface area contributed by atoms with Crippen molar-refractivity contribution in [3.63, 3.8) is 0 Å². The zero-order chi connectivity index (χ0) is 8.15. The Hall–Kier alpha value is -0.610. The highest BCUT2D eigenvalue weighted by atomic mass is 16.3. The minimum Gasteiger partial charge on any atom is -0.382 e. The van der Waals surface area contributed by atoms with Gasteiger partial charge in [0.05, 0.1) is 0 Å². The van der Waals surface area contributed by atoms with Gasteiger partial charge in [0, 0.05) is 6.04 Å². The number of primary amides is 1. The lowest BCUT2D eigenvalue weighted by Gasteiger charge is -2.13. The molecule has 0 radical (unpaired) electrons. The second kappa shape index (κ2) is 4.24. The Labute approximate surface area is 60.2 Å². The SMILES string of the molecule is CCC[C@@H](N)[C@@H](O)C(N)=O. The molecule has 0 heterocycles. The molecule has 2 atom stereocenters. The molecule has 1 amide bonds. The van der Waals surface area contributed by atoms with Crippen molar-refractivity contribution in [2.75, 3.05) is 0 Å². The van der Waals surface area contributed by atoms with Gasteiger partial charge in [-0.1, -0.05) is 13.3 Å². The molecular weight excluding hydrogens is 132 g/mol. The van der Waals surface area contributed by atoms with E-state index in [0.717, 1.165) is 6.42 Å². The predicted octanol–water partition coefficient (Wildman–Crippen LogP) is -1.04. The molecule has 0 aromatic heterocycles. The van der Waals surface area contributed by atoms with Crippen molar-refractivity contribution >= 4 is 5.91 Å². The van der Waals surface area contributed by atoms with E-state index in [9.17, 15) is 4.79 Å². The van der Waals surface area contributed by atoms with E-state index < -0.39 is 18.1 Å². The third-order valence-corrected chi connectivity index (χ3v) is 1.32. The molecule has 0 saturated carbocycles.